The van der Waals surface area contributed by atoms with E-state index in [0.717, 1.165) is 48.2 Å². The van der Waals surface area contributed by atoms with Crippen LogP contribution in [0.2, 0.25) is 0 Å². The molecule has 0 amide bonds. The maximum Gasteiger partial charge on any atom is 0.159 e. The molecule has 8 nitrogen and oxygen atoms in total. The summed E-state index contributed by atoms with van der Waals surface area (Å²) in [6, 6.07) is 12.9. The summed E-state index contributed by atoms with van der Waals surface area (Å²) in [5.74, 6) is 0.709. The summed E-state index contributed by atoms with van der Waals surface area (Å²) in [6.07, 6.45) is 4.93. The van der Waals surface area contributed by atoms with Crippen molar-refractivity contribution in [3.63, 3.8) is 0 Å². The van der Waals surface area contributed by atoms with Crippen molar-refractivity contribution in [3.8, 4) is 28.5 Å². The van der Waals surface area contributed by atoms with Crippen molar-refractivity contribution in [3.05, 3.63) is 66.1 Å². The van der Waals surface area contributed by atoms with Crippen LogP contribution in [0, 0.1) is 5.82 Å². The minimum Gasteiger partial charge on any atom is -0.492 e. The van der Waals surface area contributed by atoms with Gasteiger partial charge >= 0.3 is 0 Å². The Bertz CT molecular complexity index is 1620. The molecule has 1 aliphatic heterocycles. The molecule has 188 valence electrons. The highest BCUT2D eigenvalue weighted by Gasteiger charge is 2.18. The van der Waals surface area contributed by atoms with Gasteiger partial charge in [-0.25, -0.2) is 9.37 Å². The summed E-state index contributed by atoms with van der Waals surface area (Å²) in [6.45, 7) is 3.05. The van der Waals surface area contributed by atoms with Gasteiger partial charge in [0.15, 0.2) is 5.82 Å². The van der Waals surface area contributed by atoms with Gasteiger partial charge in [-0.2, -0.15) is 5.10 Å². The number of rotatable bonds is 7. The van der Waals surface area contributed by atoms with Crippen LogP contribution in [0.25, 0.3) is 50.3 Å². The molecular formula is C28H28FN7O. The molecule has 0 spiro atoms. The Balaban J connectivity index is 1.39. The highest BCUT2D eigenvalue weighted by molar-refractivity contribution is 5.97. The summed E-state index contributed by atoms with van der Waals surface area (Å²) >= 11 is 0. The molecule has 9 heteroatoms. The number of halogens is 1. The van der Waals surface area contributed by atoms with E-state index in [0.29, 0.717) is 35.0 Å². The Hall–Kier alpha value is -4.08. The van der Waals surface area contributed by atoms with E-state index in [1.54, 1.807) is 12.3 Å². The van der Waals surface area contributed by atoms with Gasteiger partial charge in [-0.1, -0.05) is 12.1 Å². The largest absolute Gasteiger partial charge is 0.492 e. The lowest BCUT2D eigenvalue weighted by Gasteiger charge is -2.14. The fourth-order valence-electron chi connectivity index (χ4n) is 4.67. The fraction of sp³-hybridized carbons (Fsp3) is 0.250. The van der Waals surface area contributed by atoms with Crippen LogP contribution in [-0.4, -0.2) is 70.4 Å². The van der Waals surface area contributed by atoms with E-state index in [2.05, 4.69) is 49.8 Å². The van der Waals surface area contributed by atoms with Gasteiger partial charge in [0.2, 0.25) is 0 Å². The monoisotopic (exact) mass is 497 g/mol. The molecule has 0 unspecified atom stereocenters. The molecule has 3 aromatic heterocycles. The third kappa shape index (κ3) is 4.71. The van der Waals surface area contributed by atoms with Gasteiger partial charge in [0.25, 0.3) is 0 Å². The molecule has 5 aromatic rings. The lowest BCUT2D eigenvalue weighted by atomic mass is 9.98. The maximum atomic E-state index is 14.5. The Kier molecular flexibility index (Phi) is 6.15. The highest BCUT2D eigenvalue weighted by Crippen LogP contribution is 2.33. The van der Waals surface area contributed by atoms with Gasteiger partial charge in [-0.3, -0.25) is 10.1 Å². The van der Waals surface area contributed by atoms with Crippen molar-refractivity contribution in [2.24, 2.45) is 0 Å². The molecule has 0 saturated heterocycles. The van der Waals surface area contributed by atoms with Crippen molar-refractivity contribution in [1.82, 2.24) is 35.4 Å². The number of imidazole rings is 1. The highest BCUT2D eigenvalue weighted by atomic mass is 19.1. The number of likely N-dealkylation sites (N-methyl/N-ethyl adjacent to an activating group) is 1. The SMILES string of the molecule is CN(C)CCOc1cc(F)cc(-c2nccc3[nH]c(-c4n[nH]c5ccc(C6=CCNCC6)cc45)nc23)c1. The molecule has 1 aliphatic rings. The molecule has 37 heavy (non-hydrogen) atoms. The van der Waals surface area contributed by atoms with Crippen LogP contribution >= 0.6 is 0 Å². The number of fused-ring (bicyclic) bond motifs is 2. The minimum atomic E-state index is -0.384. The summed E-state index contributed by atoms with van der Waals surface area (Å²) in [7, 11) is 3.93. The third-order valence-corrected chi connectivity index (χ3v) is 6.57. The maximum absolute atomic E-state index is 14.5. The number of ether oxygens (including phenoxy) is 1. The Morgan fingerprint density at radius 3 is 2.78 bits per heavy atom. The van der Waals surface area contributed by atoms with Crippen LogP contribution in [0.4, 0.5) is 4.39 Å². The van der Waals surface area contributed by atoms with Gasteiger partial charge in [-0.15, -0.1) is 0 Å². The first-order valence-corrected chi connectivity index (χ1v) is 12.4. The second-order valence-corrected chi connectivity index (χ2v) is 9.48. The van der Waals surface area contributed by atoms with Crippen LogP contribution in [0.3, 0.4) is 0 Å². The number of nitrogens with one attached hydrogen (secondary N) is 3. The molecule has 0 fully saturated rings. The average Bonchev–Trinajstić information content (AvgIpc) is 3.52. The summed E-state index contributed by atoms with van der Waals surface area (Å²) in [5.41, 5.74) is 6.84. The van der Waals surface area contributed by atoms with Crippen molar-refractivity contribution in [1.29, 1.82) is 0 Å². The molecule has 0 radical (unpaired) electrons. The molecular weight excluding hydrogens is 469 g/mol. The summed E-state index contributed by atoms with van der Waals surface area (Å²) in [4.78, 5) is 14.8. The van der Waals surface area contributed by atoms with Crippen LogP contribution in [0.1, 0.15) is 12.0 Å². The Morgan fingerprint density at radius 1 is 1.03 bits per heavy atom. The number of H-pyrrole nitrogens is 2. The lowest BCUT2D eigenvalue weighted by Crippen LogP contribution is -2.19. The summed E-state index contributed by atoms with van der Waals surface area (Å²) < 4.78 is 20.3. The van der Waals surface area contributed by atoms with E-state index in [1.165, 1.54) is 23.3 Å². The molecule has 3 N–H and O–H groups in total. The standard InChI is InChI=1S/C28H28FN7O/c1-36(2)11-12-37-21-14-19(13-20(29)16-21)25-27-24(7-10-31-25)32-28(33-27)26-22-15-18(3-4-23(22)34-35-26)17-5-8-30-9-6-17/h3-5,7,10,13-16,30H,6,8-9,11-12H2,1-2H3,(H,32,33)(H,34,35). The normalized spacial score (nSPS) is 14.0. The fourth-order valence-corrected chi connectivity index (χ4v) is 4.67. The van der Waals surface area contributed by atoms with Crippen molar-refractivity contribution >= 4 is 27.5 Å². The molecule has 0 atom stereocenters. The first kappa shape index (κ1) is 23.3. The first-order valence-electron chi connectivity index (χ1n) is 12.4. The van der Waals surface area contributed by atoms with E-state index in [1.807, 2.05) is 25.1 Å². The number of aromatic nitrogens is 5. The van der Waals surface area contributed by atoms with Crippen molar-refractivity contribution in [2.45, 2.75) is 6.42 Å². The number of hydrogen-bond acceptors (Lipinski definition) is 6. The molecule has 4 heterocycles. The zero-order valence-electron chi connectivity index (χ0n) is 20.8. The van der Waals surface area contributed by atoms with Crippen LogP contribution < -0.4 is 10.1 Å². The second kappa shape index (κ2) is 9.76. The summed E-state index contributed by atoms with van der Waals surface area (Å²) in [5, 5.41) is 12.0. The Labute approximate surface area is 213 Å². The zero-order chi connectivity index (χ0) is 25.4. The van der Waals surface area contributed by atoms with Crippen molar-refractivity contribution in [2.75, 3.05) is 40.3 Å². The van der Waals surface area contributed by atoms with Gasteiger partial charge in [0.1, 0.15) is 29.4 Å². The smallest absolute Gasteiger partial charge is 0.159 e. The van der Waals surface area contributed by atoms with Gasteiger partial charge in [0, 0.05) is 36.3 Å². The van der Waals surface area contributed by atoms with Crippen molar-refractivity contribution < 1.29 is 9.13 Å². The number of nitrogens with zero attached hydrogens (tertiary/aromatic N) is 4. The number of benzene rings is 2. The molecule has 0 aliphatic carbocycles. The van der Waals surface area contributed by atoms with Crippen LogP contribution in [0.5, 0.6) is 5.75 Å². The Morgan fingerprint density at radius 2 is 1.95 bits per heavy atom. The first-order chi connectivity index (χ1) is 18.0. The third-order valence-electron chi connectivity index (χ3n) is 6.57. The number of aromatic amines is 2. The molecule has 0 saturated carbocycles. The lowest BCUT2D eigenvalue weighted by molar-refractivity contribution is 0.260. The van der Waals surface area contributed by atoms with Gasteiger partial charge in [0.05, 0.1) is 16.7 Å². The van der Waals surface area contributed by atoms with Gasteiger partial charge < -0.3 is 19.9 Å². The average molecular weight is 498 g/mol. The van der Waals surface area contributed by atoms with Gasteiger partial charge in [-0.05, 0) is 68.5 Å². The number of pyridine rings is 1. The van der Waals surface area contributed by atoms with E-state index < -0.39 is 0 Å². The molecule has 2 aromatic carbocycles. The zero-order valence-corrected chi connectivity index (χ0v) is 20.8. The predicted molar refractivity (Wildman–Crippen MR) is 144 cm³/mol. The van der Waals surface area contributed by atoms with E-state index in [9.17, 15) is 4.39 Å². The second-order valence-electron chi connectivity index (χ2n) is 9.48. The topological polar surface area (TPSA) is 94.8 Å². The molecule has 6 rings (SSSR count). The van der Waals surface area contributed by atoms with Crippen LogP contribution in [0.15, 0.2) is 54.7 Å². The predicted octanol–water partition coefficient (Wildman–Crippen LogP) is 4.62. The minimum absolute atomic E-state index is 0.384. The van der Waals surface area contributed by atoms with E-state index in [-0.39, 0.29) is 5.82 Å². The van der Waals surface area contributed by atoms with E-state index >= 15 is 0 Å². The molecule has 0 bridgehead atoms. The van der Waals surface area contributed by atoms with E-state index in [4.69, 9.17) is 9.72 Å². The number of hydrogen-bond donors (Lipinski definition) is 3. The van der Waals surface area contributed by atoms with Crippen LogP contribution in [-0.2, 0) is 0 Å². The quantitative estimate of drug-likeness (QED) is 0.304.